The van der Waals surface area contributed by atoms with Crippen molar-refractivity contribution in [2.45, 2.75) is 64.2 Å². The lowest BCUT2D eigenvalue weighted by Gasteiger charge is -2.07. The minimum atomic E-state index is -1.53. The molecule has 0 radical (unpaired) electrons. The number of esters is 1. The highest BCUT2D eigenvalue weighted by Gasteiger charge is 2.12. The first-order valence-corrected chi connectivity index (χ1v) is 12.1. The average molecular weight is 452 g/mol. The summed E-state index contributed by atoms with van der Waals surface area (Å²) in [4.78, 5) is 12.0. The zero-order valence-electron chi connectivity index (χ0n) is 19.6. The van der Waals surface area contributed by atoms with E-state index in [1.807, 2.05) is 30.3 Å². The number of hydrogen-bond acceptors (Lipinski definition) is 5. The summed E-state index contributed by atoms with van der Waals surface area (Å²) >= 11 is 0. The summed E-state index contributed by atoms with van der Waals surface area (Å²) in [5.41, 5.74) is 1.88. The van der Waals surface area contributed by atoms with Crippen molar-refractivity contribution in [3.63, 3.8) is 0 Å². The van der Waals surface area contributed by atoms with E-state index in [1.165, 1.54) is 57.1 Å². The molecule has 0 amide bonds. The van der Waals surface area contributed by atoms with Crippen LogP contribution < -0.4 is 10.2 Å². The van der Waals surface area contributed by atoms with Crippen LogP contribution in [0.1, 0.15) is 80.1 Å². The van der Waals surface area contributed by atoms with Gasteiger partial charge in [-0.3, -0.25) is 0 Å². The van der Waals surface area contributed by atoms with Crippen LogP contribution in [0.15, 0.2) is 55.1 Å². The number of carbonyl (C=O) groups excluding carboxylic acids is 1. The lowest BCUT2D eigenvalue weighted by Crippen LogP contribution is -2.29. The minimum Gasteiger partial charge on any atom is -0.494 e. The first-order valence-electron chi connectivity index (χ1n) is 12.1. The van der Waals surface area contributed by atoms with Crippen molar-refractivity contribution < 1.29 is 24.3 Å². The zero-order chi connectivity index (χ0) is 23.7. The van der Waals surface area contributed by atoms with E-state index in [0.29, 0.717) is 17.6 Å². The third-order valence-electron chi connectivity index (χ3n) is 5.60. The first kappa shape index (κ1) is 26.7. The summed E-state index contributed by atoms with van der Waals surface area (Å²) in [6.45, 7) is 4.95. The van der Waals surface area contributed by atoms with Gasteiger partial charge < -0.3 is 19.5 Å². The van der Waals surface area contributed by atoms with Crippen LogP contribution in [0.25, 0.3) is 6.08 Å². The van der Waals surface area contributed by atoms with Crippen molar-refractivity contribution in [1.82, 2.24) is 0 Å². The number of carbonyl (C=O) groups is 1. The van der Waals surface area contributed by atoms with Crippen LogP contribution in [0.4, 0.5) is 0 Å². The molecule has 0 bridgehead atoms. The fourth-order valence-corrected chi connectivity index (χ4v) is 3.55. The van der Waals surface area contributed by atoms with Crippen molar-refractivity contribution in [1.29, 1.82) is 0 Å². The molecule has 0 unspecified atom stereocenters. The van der Waals surface area contributed by atoms with Crippen LogP contribution in [0.5, 0.6) is 5.75 Å². The third-order valence-corrected chi connectivity index (χ3v) is 5.60. The van der Waals surface area contributed by atoms with Gasteiger partial charge in [-0.25, -0.2) is 4.79 Å². The summed E-state index contributed by atoms with van der Waals surface area (Å²) < 4.78 is 11.0. The predicted octanol–water partition coefficient (Wildman–Crippen LogP) is 5.15. The number of benzene rings is 2. The van der Waals surface area contributed by atoms with Crippen molar-refractivity contribution in [2.24, 2.45) is 0 Å². The van der Waals surface area contributed by atoms with E-state index in [4.69, 9.17) is 19.5 Å². The Balaban J connectivity index is 1.36. The van der Waals surface area contributed by atoms with Crippen LogP contribution in [0.3, 0.4) is 0 Å². The molecule has 0 heterocycles. The molecule has 2 aromatic rings. The fraction of sp³-hybridized carbons (Fsp3) is 0.444. The molecule has 178 valence electrons. The first-order chi connectivity index (χ1) is 16.1. The molecule has 2 rings (SSSR count). The number of rotatable bonds is 17. The van der Waals surface area contributed by atoms with Crippen LogP contribution in [-0.4, -0.2) is 36.3 Å². The molecule has 6 heteroatoms. The lowest BCUT2D eigenvalue weighted by atomic mass is 9.80. The Kier molecular flexibility index (Phi) is 13.0. The van der Waals surface area contributed by atoms with Gasteiger partial charge in [-0.1, -0.05) is 88.3 Å². The Morgan fingerprint density at radius 3 is 1.79 bits per heavy atom. The molecule has 0 saturated carbocycles. The lowest BCUT2D eigenvalue weighted by molar-refractivity contribution is 0.0497. The van der Waals surface area contributed by atoms with Crippen LogP contribution in [-0.2, 0) is 4.74 Å². The molecule has 33 heavy (non-hydrogen) atoms. The van der Waals surface area contributed by atoms with Gasteiger partial charge in [0.2, 0.25) is 0 Å². The van der Waals surface area contributed by atoms with Gasteiger partial charge >= 0.3 is 13.1 Å². The molecular weight excluding hydrogens is 415 g/mol. The van der Waals surface area contributed by atoms with Crippen LogP contribution in [0, 0.1) is 0 Å². The molecule has 5 nitrogen and oxygen atoms in total. The van der Waals surface area contributed by atoms with Crippen molar-refractivity contribution in [3.05, 3.63) is 66.2 Å². The largest absolute Gasteiger partial charge is 0.494 e. The average Bonchev–Trinajstić information content (AvgIpc) is 2.84. The summed E-state index contributed by atoms with van der Waals surface area (Å²) in [5, 5.41) is 18.1. The number of unbranched alkanes of at least 4 members (excludes halogenated alkanes) is 9. The standard InChI is InChI=1S/C27H37BO5/c1-2-23-13-19-26(20-14-23)32-21-11-9-7-5-3-4-6-8-10-12-22-33-27(29)24-15-17-25(18-16-24)28(30)31/h2,13-20,30-31H,1,3-12,21-22H2. The summed E-state index contributed by atoms with van der Waals surface area (Å²) in [6.07, 6.45) is 13.5. The Hall–Kier alpha value is -2.57. The van der Waals surface area contributed by atoms with E-state index < -0.39 is 7.12 Å². The van der Waals surface area contributed by atoms with Gasteiger partial charge in [-0.2, -0.15) is 0 Å². The Labute approximate surface area is 198 Å². The molecule has 0 atom stereocenters. The second-order valence-corrected chi connectivity index (χ2v) is 8.29. The van der Waals surface area contributed by atoms with Gasteiger partial charge in [0.25, 0.3) is 0 Å². The monoisotopic (exact) mass is 452 g/mol. The van der Waals surface area contributed by atoms with Gasteiger partial charge in [0.1, 0.15) is 5.75 Å². The zero-order valence-corrected chi connectivity index (χ0v) is 19.6. The molecule has 0 aliphatic rings. The highest BCUT2D eigenvalue weighted by atomic mass is 16.5. The van der Waals surface area contributed by atoms with Gasteiger partial charge in [-0.15, -0.1) is 0 Å². The van der Waals surface area contributed by atoms with E-state index >= 15 is 0 Å². The topological polar surface area (TPSA) is 76.0 Å². The smallest absolute Gasteiger partial charge is 0.488 e. The molecular formula is C27H37BO5. The van der Waals surface area contributed by atoms with E-state index in [1.54, 1.807) is 12.1 Å². The van der Waals surface area contributed by atoms with E-state index in [0.717, 1.165) is 37.2 Å². The highest BCUT2D eigenvalue weighted by molar-refractivity contribution is 6.58. The SMILES string of the molecule is C=Cc1ccc(OCCCCCCCCCCCCOC(=O)c2ccc(B(O)O)cc2)cc1. The summed E-state index contributed by atoms with van der Waals surface area (Å²) in [7, 11) is -1.53. The normalized spacial score (nSPS) is 10.6. The van der Waals surface area contributed by atoms with Gasteiger partial charge in [0.05, 0.1) is 18.8 Å². The number of ether oxygens (including phenoxy) is 2. The number of hydrogen-bond donors (Lipinski definition) is 2. The molecule has 0 saturated heterocycles. The van der Waals surface area contributed by atoms with E-state index in [-0.39, 0.29) is 5.97 Å². The molecule has 2 N–H and O–H groups in total. The van der Waals surface area contributed by atoms with Crippen LogP contribution >= 0.6 is 0 Å². The second kappa shape index (κ2) is 16.1. The highest BCUT2D eigenvalue weighted by Crippen LogP contribution is 2.14. The quantitative estimate of drug-likeness (QED) is 0.197. The van der Waals surface area contributed by atoms with Crippen molar-refractivity contribution in [2.75, 3.05) is 13.2 Å². The molecule has 0 aliphatic heterocycles. The molecule has 0 aliphatic carbocycles. The Morgan fingerprint density at radius 1 is 0.758 bits per heavy atom. The van der Waals surface area contributed by atoms with Crippen molar-refractivity contribution >= 4 is 24.6 Å². The maximum atomic E-state index is 12.0. The van der Waals surface area contributed by atoms with Gasteiger partial charge in [0.15, 0.2) is 0 Å². The van der Waals surface area contributed by atoms with Crippen LogP contribution in [0.2, 0.25) is 0 Å². The third kappa shape index (κ3) is 11.2. The maximum absolute atomic E-state index is 12.0. The van der Waals surface area contributed by atoms with Gasteiger partial charge in [-0.05, 0) is 48.1 Å². The molecule has 0 fully saturated rings. The van der Waals surface area contributed by atoms with E-state index in [2.05, 4.69) is 6.58 Å². The Bertz CT molecular complexity index is 802. The fourth-order valence-electron chi connectivity index (χ4n) is 3.55. The molecule has 0 aromatic heterocycles. The maximum Gasteiger partial charge on any atom is 0.488 e. The van der Waals surface area contributed by atoms with E-state index in [9.17, 15) is 4.79 Å². The van der Waals surface area contributed by atoms with Gasteiger partial charge in [0, 0.05) is 0 Å². The molecule has 0 spiro atoms. The Morgan fingerprint density at radius 2 is 1.27 bits per heavy atom. The summed E-state index contributed by atoms with van der Waals surface area (Å²) in [6, 6.07) is 14.1. The van der Waals surface area contributed by atoms with Crippen molar-refractivity contribution in [3.8, 4) is 5.75 Å². The second-order valence-electron chi connectivity index (χ2n) is 8.29. The molecule has 2 aromatic carbocycles. The minimum absolute atomic E-state index is 0.353. The predicted molar refractivity (Wildman–Crippen MR) is 135 cm³/mol. The summed E-state index contributed by atoms with van der Waals surface area (Å²) in [5.74, 6) is 0.554.